The fraction of sp³-hybridized carbons (Fsp3) is 0.556. The van der Waals surface area contributed by atoms with Crippen LogP contribution in [0.1, 0.15) is 36.2 Å². The van der Waals surface area contributed by atoms with Crippen LogP contribution in [-0.4, -0.2) is 16.3 Å². The summed E-state index contributed by atoms with van der Waals surface area (Å²) < 4.78 is 0. The second-order valence-electron chi connectivity index (χ2n) is 3.57. The van der Waals surface area contributed by atoms with Crippen molar-refractivity contribution >= 4 is 17.1 Å². The van der Waals surface area contributed by atoms with Crippen LogP contribution in [0.25, 0.3) is 0 Å². The number of nitrogens with zero attached hydrogens (tertiary/aromatic N) is 1. The quantitative estimate of drug-likeness (QED) is 0.731. The van der Waals surface area contributed by atoms with E-state index in [9.17, 15) is 4.79 Å². The molecular formula is C9H12N2OS. The van der Waals surface area contributed by atoms with Crippen molar-refractivity contribution in [3.8, 4) is 0 Å². The van der Waals surface area contributed by atoms with Gasteiger partial charge in [0.15, 0.2) is 0 Å². The van der Waals surface area contributed by atoms with Gasteiger partial charge in [0.2, 0.25) is 5.78 Å². The minimum Gasteiger partial charge on any atom is -0.319 e. The van der Waals surface area contributed by atoms with Crippen LogP contribution in [0, 0.1) is 0 Å². The highest BCUT2D eigenvalue weighted by atomic mass is 32.1. The maximum atomic E-state index is 11.8. The van der Waals surface area contributed by atoms with Crippen LogP contribution >= 0.6 is 11.3 Å². The minimum atomic E-state index is -0.617. The van der Waals surface area contributed by atoms with E-state index < -0.39 is 5.54 Å². The van der Waals surface area contributed by atoms with Gasteiger partial charge in [0, 0.05) is 5.38 Å². The highest BCUT2D eigenvalue weighted by Crippen LogP contribution is 2.30. The molecular weight excluding hydrogens is 184 g/mol. The Balaban J connectivity index is 2.21. The van der Waals surface area contributed by atoms with Crippen molar-refractivity contribution in [1.82, 2.24) is 4.98 Å². The van der Waals surface area contributed by atoms with Crippen molar-refractivity contribution in [3.05, 3.63) is 16.6 Å². The van der Waals surface area contributed by atoms with Gasteiger partial charge in [0.25, 0.3) is 0 Å². The van der Waals surface area contributed by atoms with Crippen molar-refractivity contribution in [1.29, 1.82) is 0 Å². The second kappa shape index (κ2) is 3.20. The Morgan fingerprint density at radius 3 is 2.77 bits per heavy atom. The first-order valence-electron chi connectivity index (χ1n) is 4.44. The summed E-state index contributed by atoms with van der Waals surface area (Å²) in [6, 6.07) is 0. The smallest absolute Gasteiger partial charge is 0.201 e. The van der Waals surface area contributed by atoms with Gasteiger partial charge in [-0.1, -0.05) is 12.8 Å². The molecule has 1 fully saturated rings. The third-order valence-corrected chi connectivity index (χ3v) is 3.20. The van der Waals surface area contributed by atoms with E-state index in [-0.39, 0.29) is 5.78 Å². The lowest BCUT2D eigenvalue weighted by Gasteiger charge is -2.19. The molecule has 1 aromatic rings. The van der Waals surface area contributed by atoms with Crippen molar-refractivity contribution < 1.29 is 4.79 Å². The summed E-state index contributed by atoms with van der Waals surface area (Å²) >= 11 is 1.44. The first kappa shape index (κ1) is 8.84. The number of thiazole rings is 1. The van der Waals surface area contributed by atoms with Gasteiger partial charge in [0.1, 0.15) is 5.69 Å². The molecule has 1 aromatic heterocycles. The molecule has 0 unspecified atom stereocenters. The molecule has 0 spiro atoms. The van der Waals surface area contributed by atoms with Gasteiger partial charge in [-0.05, 0) is 12.8 Å². The molecule has 1 saturated carbocycles. The zero-order chi connectivity index (χ0) is 9.31. The average Bonchev–Trinajstić information content (AvgIpc) is 2.73. The van der Waals surface area contributed by atoms with E-state index in [2.05, 4.69) is 4.98 Å². The number of Topliss-reactive ketones (excluding diaryl/α,β-unsaturated/α-hetero) is 1. The number of nitrogens with two attached hydrogens (primary N) is 1. The fourth-order valence-electron chi connectivity index (χ4n) is 1.81. The molecule has 1 aliphatic rings. The molecule has 0 saturated heterocycles. The average molecular weight is 196 g/mol. The zero-order valence-corrected chi connectivity index (χ0v) is 8.14. The van der Waals surface area contributed by atoms with Gasteiger partial charge in [-0.3, -0.25) is 4.79 Å². The van der Waals surface area contributed by atoms with Gasteiger partial charge in [-0.2, -0.15) is 0 Å². The summed E-state index contributed by atoms with van der Waals surface area (Å²) in [5.74, 6) is 0.0197. The Kier molecular flexibility index (Phi) is 2.17. The standard InChI is InChI=1S/C9H12N2OS/c10-9(3-1-2-4-9)8(12)7-5-13-6-11-7/h5-6H,1-4,10H2. The SMILES string of the molecule is NC1(C(=O)c2cscn2)CCCC1. The maximum Gasteiger partial charge on any atom is 0.201 e. The number of hydrogen-bond donors (Lipinski definition) is 1. The van der Waals surface area contributed by atoms with E-state index in [0.29, 0.717) is 5.69 Å². The Hall–Kier alpha value is -0.740. The molecule has 2 rings (SSSR count). The number of ketones is 1. The first-order chi connectivity index (χ1) is 6.22. The third kappa shape index (κ3) is 1.51. The third-order valence-electron chi connectivity index (χ3n) is 2.61. The number of hydrogen-bond acceptors (Lipinski definition) is 4. The lowest BCUT2D eigenvalue weighted by molar-refractivity contribution is 0.0887. The highest BCUT2D eigenvalue weighted by molar-refractivity contribution is 7.07. The molecule has 3 nitrogen and oxygen atoms in total. The summed E-state index contributed by atoms with van der Waals surface area (Å²) in [7, 11) is 0. The largest absolute Gasteiger partial charge is 0.319 e. The molecule has 4 heteroatoms. The molecule has 0 aliphatic heterocycles. The highest BCUT2D eigenvalue weighted by Gasteiger charge is 2.38. The van der Waals surface area contributed by atoms with E-state index in [0.717, 1.165) is 25.7 Å². The summed E-state index contributed by atoms with van der Waals surface area (Å²) in [5, 5.41) is 1.77. The van der Waals surface area contributed by atoms with Crippen LogP contribution in [0.15, 0.2) is 10.9 Å². The van der Waals surface area contributed by atoms with Crippen LogP contribution in [-0.2, 0) is 0 Å². The molecule has 13 heavy (non-hydrogen) atoms. The molecule has 0 amide bonds. The Morgan fingerprint density at radius 1 is 1.54 bits per heavy atom. The van der Waals surface area contributed by atoms with Crippen LogP contribution in [0.4, 0.5) is 0 Å². The van der Waals surface area contributed by atoms with E-state index in [1.807, 2.05) is 0 Å². The van der Waals surface area contributed by atoms with Crippen LogP contribution in [0.3, 0.4) is 0 Å². The van der Waals surface area contributed by atoms with Gasteiger partial charge in [-0.15, -0.1) is 11.3 Å². The van der Waals surface area contributed by atoms with Crippen LogP contribution in [0.2, 0.25) is 0 Å². The van der Waals surface area contributed by atoms with E-state index in [1.54, 1.807) is 10.9 Å². The molecule has 2 N–H and O–H groups in total. The van der Waals surface area contributed by atoms with E-state index >= 15 is 0 Å². The molecule has 0 atom stereocenters. The lowest BCUT2D eigenvalue weighted by Crippen LogP contribution is -2.45. The van der Waals surface area contributed by atoms with Gasteiger partial charge in [-0.25, -0.2) is 4.98 Å². The number of carbonyl (C=O) groups is 1. The normalized spacial score (nSPS) is 20.4. The number of carbonyl (C=O) groups excluding carboxylic acids is 1. The summed E-state index contributed by atoms with van der Waals surface area (Å²) in [6.07, 6.45) is 3.74. The topological polar surface area (TPSA) is 56.0 Å². The predicted molar refractivity (Wildman–Crippen MR) is 51.8 cm³/mol. The monoisotopic (exact) mass is 196 g/mol. The van der Waals surface area contributed by atoms with E-state index in [4.69, 9.17) is 5.73 Å². The van der Waals surface area contributed by atoms with Crippen molar-refractivity contribution in [2.24, 2.45) is 5.73 Å². The van der Waals surface area contributed by atoms with Crippen LogP contribution in [0.5, 0.6) is 0 Å². The molecule has 0 radical (unpaired) electrons. The fourth-order valence-corrected chi connectivity index (χ4v) is 2.34. The van der Waals surface area contributed by atoms with E-state index in [1.165, 1.54) is 11.3 Å². The number of aromatic nitrogens is 1. The lowest BCUT2D eigenvalue weighted by atomic mass is 9.92. The zero-order valence-electron chi connectivity index (χ0n) is 7.32. The molecule has 1 aliphatic carbocycles. The summed E-state index contributed by atoms with van der Waals surface area (Å²) in [5.41, 5.74) is 7.60. The Bertz CT molecular complexity index is 301. The van der Waals surface area contributed by atoms with Gasteiger partial charge >= 0.3 is 0 Å². The summed E-state index contributed by atoms with van der Waals surface area (Å²) in [4.78, 5) is 15.8. The first-order valence-corrected chi connectivity index (χ1v) is 5.38. The Morgan fingerprint density at radius 2 is 2.23 bits per heavy atom. The van der Waals surface area contributed by atoms with Gasteiger partial charge < -0.3 is 5.73 Å². The molecule has 70 valence electrons. The van der Waals surface area contributed by atoms with Gasteiger partial charge in [0.05, 0.1) is 11.0 Å². The Labute approximate surface area is 81.0 Å². The summed E-state index contributed by atoms with van der Waals surface area (Å²) in [6.45, 7) is 0. The molecule has 1 heterocycles. The maximum absolute atomic E-state index is 11.8. The predicted octanol–water partition coefficient (Wildman–Crippen LogP) is 1.60. The second-order valence-corrected chi connectivity index (χ2v) is 4.28. The van der Waals surface area contributed by atoms with Crippen LogP contribution < -0.4 is 5.73 Å². The molecule has 0 aromatic carbocycles. The van der Waals surface area contributed by atoms with Crippen molar-refractivity contribution in [2.75, 3.05) is 0 Å². The van der Waals surface area contributed by atoms with Crippen molar-refractivity contribution in [2.45, 2.75) is 31.2 Å². The van der Waals surface area contributed by atoms with Crippen molar-refractivity contribution in [3.63, 3.8) is 0 Å². The number of rotatable bonds is 2. The minimum absolute atomic E-state index is 0.0197. The molecule has 0 bridgehead atoms.